The maximum atomic E-state index is 13.9. The Labute approximate surface area is 196 Å². The molecule has 2 atom stereocenters. The molecule has 1 unspecified atom stereocenters. The van der Waals surface area contributed by atoms with Crippen molar-refractivity contribution in [1.29, 1.82) is 0 Å². The molecule has 1 aliphatic carbocycles. The van der Waals surface area contributed by atoms with E-state index in [1.807, 2.05) is 0 Å². The van der Waals surface area contributed by atoms with Crippen LogP contribution in [0.1, 0.15) is 65.7 Å². The van der Waals surface area contributed by atoms with E-state index < -0.39 is 59.2 Å². The van der Waals surface area contributed by atoms with Gasteiger partial charge in [-0.15, -0.1) is 0 Å². The molecule has 2 rings (SSSR count). The summed E-state index contributed by atoms with van der Waals surface area (Å²) >= 11 is 0. The van der Waals surface area contributed by atoms with Gasteiger partial charge in [0.15, 0.2) is 17.4 Å². The van der Waals surface area contributed by atoms with Gasteiger partial charge in [0.05, 0.1) is 12.5 Å². The average Bonchev–Trinajstić information content (AvgIpc) is 2.74. The maximum Gasteiger partial charge on any atom is 0.306 e. The van der Waals surface area contributed by atoms with Crippen molar-refractivity contribution in [1.82, 2.24) is 0 Å². The normalized spacial score (nSPS) is 20.5. The first-order valence-electron chi connectivity index (χ1n) is 11.4. The van der Waals surface area contributed by atoms with E-state index in [1.54, 1.807) is 20.8 Å². The number of ketones is 1. The highest BCUT2D eigenvalue weighted by Crippen LogP contribution is 2.29. The molecule has 1 saturated carbocycles. The van der Waals surface area contributed by atoms with Crippen LogP contribution in [0.2, 0.25) is 0 Å². The van der Waals surface area contributed by atoms with Crippen LogP contribution in [0.3, 0.4) is 0 Å². The van der Waals surface area contributed by atoms with Gasteiger partial charge in [0.1, 0.15) is 18.0 Å². The van der Waals surface area contributed by atoms with Crippen LogP contribution in [0.25, 0.3) is 0 Å². The average molecular weight is 492 g/mol. The number of nitrogens with two attached hydrogens (primary N) is 1. The first kappa shape index (κ1) is 28.0. The van der Waals surface area contributed by atoms with Crippen LogP contribution in [0.4, 0.5) is 17.6 Å². The van der Waals surface area contributed by atoms with Crippen molar-refractivity contribution in [3.8, 4) is 5.75 Å². The predicted octanol–water partition coefficient (Wildman–Crippen LogP) is 4.20. The lowest BCUT2D eigenvalue weighted by Crippen LogP contribution is -2.33. The summed E-state index contributed by atoms with van der Waals surface area (Å²) < 4.78 is 64.7. The number of esters is 1. The highest BCUT2D eigenvalue weighted by molar-refractivity contribution is 5.81. The second-order valence-corrected chi connectivity index (χ2v) is 9.84. The number of Topliss-reactive ketones (excluding diaryl/α,β-unsaturated/α-hetero) is 1. The minimum absolute atomic E-state index is 0.0153. The zero-order valence-electron chi connectivity index (χ0n) is 19.7. The van der Waals surface area contributed by atoms with Crippen LogP contribution in [0.15, 0.2) is 6.07 Å². The van der Waals surface area contributed by atoms with E-state index in [0.717, 1.165) is 12.8 Å². The molecule has 0 aromatic heterocycles. The van der Waals surface area contributed by atoms with Gasteiger partial charge >= 0.3 is 5.97 Å². The molecule has 0 spiro atoms. The molecule has 1 fully saturated rings. The van der Waals surface area contributed by atoms with E-state index in [1.165, 1.54) is 0 Å². The molecule has 34 heavy (non-hydrogen) atoms. The zero-order valence-corrected chi connectivity index (χ0v) is 19.7. The number of rotatable bonds is 10. The van der Waals surface area contributed by atoms with E-state index in [-0.39, 0.29) is 43.1 Å². The maximum absolute atomic E-state index is 13.9. The van der Waals surface area contributed by atoms with Crippen molar-refractivity contribution >= 4 is 11.8 Å². The molecule has 192 valence electrons. The molecule has 1 aromatic rings. The molecule has 1 aromatic carbocycles. The Bertz CT molecular complexity index is 840. The minimum atomic E-state index is -1.74. The van der Waals surface area contributed by atoms with Crippen LogP contribution in [0, 0.1) is 35.1 Å². The van der Waals surface area contributed by atoms with E-state index in [2.05, 4.69) is 0 Å². The highest BCUT2D eigenvalue weighted by atomic mass is 19.2. The van der Waals surface area contributed by atoms with Gasteiger partial charge in [-0.05, 0) is 58.8 Å². The van der Waals surface area contributed by atoms with Gasteiger partial charge < -0.3 is 20.3 Å². The summed E-state index contributed by atoms with van der Waals surface area (Å²) in [5, 5.41) is 10.6. The lowest BCUT2D eigenvalue weighted by molar-refractivity contribution is -0.157. The number of aliphatic hydroxyl groups excluding tert-OH is 1. The Morgan fingerprint density at radius 1 is 1.09 bits per heavy atom. The van der Waals surface area contributed by atoms with Crippen LogP contribution in [0.5, 0.6) is 5.75 Å². The van der Waals surface area contributed by atoms with Gasteiger partial charge in [-0.2, -0.15) is 8.78 Å². The van der Waals surface area contributed by atoms with Crippen LogP contribution in [-0.4, -0.2) is 41.2 Å². The van der Waals surface area contributed by atoms with E-state index in [0.29, 0.717) is 12.8 Å². The van der Waals surface area contributed by atoms with Crippen LogP contribution >= 0.6 is 0 Å². The lowest BCUT2D eigenvalue weighted by Gasteiger charge is -2.27. The summed E-state index contributed by atoms with van der Waals surface area (Å²) in [6.45, 7) is 4.25. The second kappa shape index (κ2) is 12.0. The molecule has 0 bridgehead atoms. The molecule has 10 heteroatoms. The van der Waals surface area contributed by atoms with Crippen molar-refractivity contribution in [3.05, 3.63) is 29.3 Å². The van der Waals surface area contributed by atoms with Gasteiger partial charge in [-0.1, -0.05) is 0 Å². The number of benzene rings is 1. The summed E-state index contributed by atoms with van der Waals surface area (Å²) in [5.74, 6) is -9.72. The second-order valence-electron chi connectivity index (χ2n) is 9.84. The Hall–Kier alpha value is -2.20. The molecule has 0 amide bonds. The molecule has 0 radical (unpaired) electrons. The lowest BCUT2D eigenvalue weighted by atomic mass is 9.81. The molecular formula is C24H33F4NO5. The zero-order chi connectivity index (χ0) is 25.6. The number of carbonyl (C=O) groups excluding carboxylic acids is 2. The fourth-order valence-corrected chi connectivity index (χ4v) is 3.98. The first-order chi connectivity index (χ1) is 15.8. The number of hydrogen-bond acceptors (Lipinski definition) is 6. The largest absolute Gasteiger partial charge is 0.485 e. The molecule has 6 nitrogen and oxygen atoms in total. The Kier molecular flexibility index (Phi) is 9.87. The van der Waals surface area contributed by atoms with Gasteiger partial charge in [0.25, 0.3) is 0 Å². The number of hydrogen-bond donors (Lipinski definition) is 2. The standard InChI is InChI=1S/C24H33F4NO5/c1-24(2,3)34-20(32)10-14(6-9-18(30)13-4-7-15(29)8-5-13)19(31)12-33-23-21(27)16(25)11-17(26)22(23)28/h11,13-15,19,31H,4-10,12,29H2,1-3H3/t13-,14-,15-,19?/m0/s1. The summed E-state index contributed by atoms with van der Waals surface area (Å²) in [4.78, 5) is 25.0. The monoisotopic (exact) mass is 491 g/mol. The SMILES string of the molecule is CC(C)(C)OC(=O)C[C@H](CCC(=O)[C@H]1CC[C@H](N)CC1)C(O)COc1c(F)c(F)cc(F)c1F. The third-order valence-corrected chi connectivity index (χ3v) is 5.85. The number of halogens is 4. The Morgan fingerprint density at radius 3 is 2.18 bits per heavy atom. The van der Waals surface area contributed by atoms with Gasteiger partial charge in [0.2, 0.25) is 11.6 Å². The van der Waals surface area contributed by atoms with E-state index in [9.17, 15) is 32.3 Å². The van der Waals surface area contributed by atoms with Crippen molar-refractivity contribution in [2.75, 3.05) is 6.61 Å². The third-order valence-electron chi connectivity index (χ3n) is 5.85. The number of carbonyl (C=O) groups is 2. The fraction of sp³-hybridized carbons (Fsp3) is 0.667. The topological polar surface area (TPSA) is 98.9 Å². The fourth-order valence-electron chi connectivity index (χ4n) is 3.98. The number of aliphatic hydroxyl groups is 1. The van der Waals surface area contributed by atoms with Gasteiger partial charge in [-0.3, -0.25) is 9.59 Å². The smallest absolute Gasteiger partial charge is 0.306 e. The summed E-state index contributed by atoms with van der Waals surface area (Å²) in [5.41, 5.74) is 5.09. The molecule has 0 heterocycles. The van der Waals surface area contributed by atoms with Crippen LogP contribution < -0.4 is 10.5 Å². The third kappa shape index (κ3) is 8.23. The number of ether oxygens (including phenoxy) is 2. The van der Waals surface area contributed by atoms with E-state index >= 15 is 0 Å². The van der Waals surface area contributed by atoms with Crippen molar-refractivity contribution in [2.24, 2.45) is 17.6 Å². The van der Waals surface area contributed by atoms with Gasteiger partial charge in [0, 0.05) is 24.4 Å². The Morgan fingerprint density at radius 2 is 1.65 bits per heavy atom. The van der Waals surface area contributed by atoms with E-state index in [4.69, 9.17) is 15.2 Å². The first-order valence-corrected chi connectivity index (χ1v) is 11.4. The molecule has 0 saturated heterocycles. The molecule has 1 aliphatic rings. The highest BCUT2D eigenvalue weighted by Gasteiger charge is 2.30. The minimum Gasteiger partial charge on any atom is -0.485 e. The summed E-state index contributed by atoms with van der Waals surface area (Å²) in [6.07, 6.45) is 1.25. The van der Waals surface area contributed by atoms with Crippen molar-refractivity contribution < 1.29 is 41.7 Å². The van der Waals surface area contributed by atoms with Crippen LogP contribution in [-0.2, 0) is 14.3 Å². The van der Waals surface area contributed by atoms with Gasteiger partial charge in [-0.25, -0.2) is 8.78 Å². The molecule has 0 aliphatic heterocycles. The Balaban J connectivity index is 2.07. The summed E-state index contributed by atoms with van der Waals surface area (Å²) in [6, 6.07) is 0.125. The van der Waals surface area contributed by atoms with Crippen molar-refractivity contribution in [2.45, 2.75) is 83.5 Å². The molecule has 3 N–H and O–H groups in total. The molecular weight excluding hydrogens is 458 g/mol. The van der Waals surface area contributed by atoms with Crippen molar-refractivity contribution in [3.63, 3.8) is 0 Å². The predicted molar refractivity (Wildman–Crippen MR) is 116 cm³/mol. The quantitative estimate of drug-likeness (QED) is 0.289. The summed E-state index contributed by atoms with van der Waals surface area (Å²) in [7, 11) is 0.